The van der Waals surface area contributed by atoms with Gasteiger partial charge >= 0.3 is 0 Å². The van der Waals surface area contributed by atoms with E-state index >= 15 is 0 Å². The molecule has 0 bridgehead atoms. The lowest BCUT2D eigenvalue weighted by Gasteiger charge is -2.40. The fourth-order valence-corrected chi connectivity index (χ4v) is 3.67. The van der Waals surface area contributed by atoms with E-state index in [1.165, 1.54) is 5.56 Å². The van der Waals surface area contributed by atoms with Crippen LogP contribution in [0.5, 0.6) is 5.75 Å². The molecule has 4 heteroatoms. The average molecular weight is 341 g/mol. The Kier molecular flexibility index (Phi) is 5.42. The van der Waals surface area contributed by atoms with E-state index in [-0.39, 0.29) is 0 Å². The van der Waals surface area contributed by atoms with E-state index in [9.17, 15) is 10.2 Å². The Balaban J connectivity index is 1.73. The molecule has 1 aliphatic heterocycles. The van der Waals surface area contributed by atoms with Gasteiger partial charge in [0.05, 0.1) is 13.2 Å². The number of benzene rings is 2. The van der Waals surface area contributed by atoms with Gasteiger partial charge in [0.15, 0.2) is 0 Å². The number of methoxy groups -OCH3 is 1. The molecule has 134 valence electrons. The first-order valence-corrected chi connectivity index (χ1v) is 8.85. The van der Waals surface area contributed by atoms with Crippen molar-refractivity contribution in [3.63, 3.8) is 0 Å². The number of likely N-dealkylation sites (tertiary alicyclic amines) is 1. The van der Waals surface area contributed by atoms with E-state index in [1.807, 2.05) is 55.5 Å². The number of para-hydroxylation sites is 1. The minimum absolute atomic E-state index is 0.496. The van der Waals surface area contributed by atoms with Crippen LogP contribution >= 0.6 is 0 Å². The monoisotopic (exact) mass is 341 g/mol. The first-order chi connectivity index (χ1) is 12.0. The Morgan fingerprint density at radius 3 is 2.60 bits per heavy atom. The van der Waals surface area contributed by atoms with Crippen molar-refractivity contribution < 1.29 is 14.9 Å². The Hall–Kier alpha value is -1.88. The summed E-state index contributed by atoms with van der Waals surface area (Å²) in [6.07, 6.45) is 1.03. The van der Waals surface area contributed by atoms with E-state index in [0.29, 0.717) is 25.3 Å². The smallest absolute Gasteiger partial charge is 0.124 e. The predicted molar refractivity (Wildman–Crippen MR) is 98.7 cm³/mol. The third-order valence-corrected chi connectivity index (χ3v) is 5.05. The standard InChI is InChI=1S/C21H27NO3/c1-16-8-10-17(11-9-16)19(23)14-22-13-5-12-21(24,15-22)18-6-3-4-7-20(18)25-2/h3-4,6-11,19,23-24H,5,12-15H2,1-2H3. The summed E-state index contributed by atoms with van der Waals surface area (Å²) in [6.45, 7) is 3.92. The van der Waals surface area contributed by atoms with Gasteiger partial charge in [0.25, 0.3) is 0 Å². The number of aryl methyl sites for hydroxylation is 1. The molecule has 2 unspecified atom stereocenters. The SMILES string of the molecule is COc1ccccc1C1(O)CCCN(CC(O)c2ccc(C)cc2)C1. The van der Waals surface area contributed by atoms with E-state index in [0.717, 1.165) is 24.1 Å². The van der Waals surface area contributed by atoms with Gasteiger partial charge in [-0.05, 0) is 37.9 Å². The van der Waals surface area contributed by atoms with E-state index < -0.39 is 11.7 Å². The van der Waals surface area contributed by atoms with Crippen LogP contribution in [0.2, 0.25) is 0 Å². The van der Waals surface area contributed by atoms with Gasteiger partial charge < -0.3 is 14.9 Å². The number of β-amino-alcohol motifs (C(OH)–C–C–N with tert-alkyl or cyclic N) is 2. The van der Waals surface area contributed by atoms with Crippen molar-refractivity contribution >= 4 is 0 Å². The quantitative estimate of drug-likeness (QED) is 0.878. The lowest BCUT2D eigenvalue weighted by molar-refractivity contribution is -0.0474. The molecule has 0 saturated carbocycles. The molecule has 2 N–H and O–H groups in total. The van der Waals surface area contributed by atoms with E-state index in [1.54, 1.807) is 7.11 Å². The lowest BCUT2D eigenvalue weighted by atomic mass is 9.85. The summed E-state index contributed by atoms with van der Waals surface area (Å²) in [7, 11) is 1.63. The molecule has 1 aliphatic rings. The molecule has 4 nitrogen and oxygen atoms in total. The minimum atomic E-state index is -0.947. The fraction of sp³-hybridized carbons (Fsp3) is 0.429. The summed E-state index contributed by atoms with van der Waals surface area (Å²) >= 11 is 0. The molecule has 1 saturated heterocycles. The van der Waals surface area contributed by atoms with Crippen LogP contribution in [0.3, 0.4) is 0 Å². The summed E-state index contributed by atoms with van der Waals surface area (Å²) in [5.41, 5.74) is 1.97. The zero-order valence-electron chi connectivity index (χ0n) is 15.0. The molecule has 3 rings (SSSR count). The summed E-state index contributed by atoms with van der Waals surface area (Å²) in [6, 6.07) is 15.6. The number of hydrogen-bond acceptors (Lipinski definition) is 4. The van der Waals surface area contributed by atoms with Crippen molar-refractivity contribution in [1.82, 2.24) is 4.90 Å². The largest absolute Gasteiger partial charge is 0.496 e. The number of aliphatic hydroxyl groups excluding tert-OH is 1. The van der Waals surface area contributed by atoms with Crippen molar-refractivity contribution in [2.24, 2.45) is 0 Å². The normalized spacial score (nSPS) is 22.6. The Morgan fingerprint density at radius 2 is 1.88 bits per heavy atom. The minimum Gasteiger partial charge on any atom is -0.496 e. The highest BCUT2D eigenvalue weighted by molar-refractivity contribution is 5.38. The molecule has 0 aliphatic carbocycles. The van der Waals surface area contributed by atoms with Crippen LogP contribution in [-0.4, -0.2) is 41.9 Å². The van der Waals surface area contributed by atoms with Gasteiger partial charge in [-0.15, -0.1) is 0 Å². The molecule has 25 heavy (non-hydrogen) atoms. The van der Waals surface area contributed by atoms with Gasteiger partial charge in [0.2, 0.25) is 0 Å². The van der Waals surface area contributed by atoms with Gasteiger partial charge in [-0.1, -0.05) is 48.0 Å². The highest BCUT2D eigenvalue weighted by atomic mass is 16.5. The van der Waals surface area contributed by atoms with Crippen molar-refractivity contribution in [2.75, 3.05) is 26.7 Å². The molecule has 0 aromatic heterocycles. The second-order valence-corrected chi connectivity index (χ2v) is 7.00. The Labute approximate surface area is 149 Å². The maximum atomic E-state index is 11.2. The number of nitrogens with zero attached hydrogens (tertiary/aromatic N) is 1. The van der Waals surface area contributed by atoms with Gasteiger partial charge in [0.1, 0.15) is 11.4 Å². The summed E-state index contributed by atoms with van der Waals surface area (Å²) in [4.78, 5) is 2.14. The van der Waals surface area contributed by atoms with Crippen LogP contribution in [0.15, 0.2) is 48.5 Å². The molecule has 1 fully saturated rings. The summed E-state index contributed by atoms with van der Waals surface area (Å²) < 4.78 is 5.43. The lowest BCUT2D eigenvalue weighted by Crippen LogP contribution is -2.47. The van der Waals surface area contributed by atoms with Gasteiger partial charge in [-0.3, -0.25) is 4.90 Å². The van der Waals surface area contributed by atoms with E-state index in [2.05, 4.69) is 4.90 Å². The van der Waals surface area contributed by atoms with Crippen molar-refractivity contribution in [1.29, 1.82) is 0 Å². The summed E-state index contributed by atoms with van der Waals surface area (Å²) in [5, 5.41) is 21.8. The van der Waals surface area contributed by atoms with Gasteiger partial charge in [-0.2, -0.15) is 0 Å². The van der Waals surface area contributed by atoms with Crippen LogP contribution in [0.25, 0.3) is 0 Å². The zero-order chi connectivity index (χ0) is 17.9. The molecule has 2 atom stereocenters. The third kappa shape index (κ3) is 4.03. The van der Waals surface area contributed by atoms with E-state index in [4.69, 9.17) is 4.74 Å². The van der Waals surface area contributed by atoms with Crippen molar-refractivity contribution in [2.45, 2.75) is 31.5 Å². The second-order valence-electron chi connectivity index (χ2n) is 7.00. The summed E-state index contributed by atoms with van der Waals surface area (Å²) in [5.74, 6) is 0.714. The topological polar surface area (TPSA) is 52.9 Å². The molecule has 2 aromatic rings. The average Bonchev–Trinajstić information content (AvgIpc) is 2.62. The van der Waals surface area contributed by atoms with Crippen LogP contribution in [0, 0.1) is 6.92 Å². The maximum Gasteiger partial charge on any atom is 0.124 e. The van der Waals surface area contributed by atoms with Crippen LogP contribution in [0.4, 0.5) is 0 Å². The molecule has 0 radical (unpaired) electrons. The van der Waals surface area contributed by atoms with Crippen LogP contribution < -0.4 is 4.74 Å². The predicted octanol–water partition coefficient (Wildman–Crippen LogP) is 3.02. The number of hydrogen-bond donors (Lipinski definition) is 2. The Morgan fingerprint density at radius 1 is 1.16 bits per heavy atom. The van der Waals surface area contributed by atoms with Crippen molar-refractivity contribution in [3.05, 3.63) is 65.2 Å². The number of aliphatic hydroxyl groups is 2. The first kappa shape index (κ1) is 17.9. The second kappa shape index (κ2) is 7.56. The third-order valence-electron chi connectivity index (χ3n) is 5.05. The molecular formula is C21H27NO3. The van der Waals surface area contributed by atoms with Crippen LogP contribution in [0.1, 0.15) is 35.6 Å². The van der Waals surface area contributed by atoms with Crippen LogP contribution in [-0.2, 0) is 5.60 Å². The Bertz CT molecular complexity index is 701. The molecular weight excluding hydrogens is 314 g/mol. The number of rotatable bonds is 5. The molecule has 0 spiro atoms. The fourth-order valence-electron chi connectivity index (χ4n) is 3.67. The number of piperidine rings is 1. The van der Waals surface area contributed by atoms with Gasteiger partial charge in [0, 0.05) is 18.7 Å². The molecule has 0 amide bonds. The maximum absolute atomic E-state index is 11.2. The highest BCUT2D eigenvalue weighted by Crippen LogP contribution is 2.37. The molecule has 2 aromatic carbocycles. The van der Waals surface area contributed by atoms with Gasteiger partial charge in [-0.25, -0.2) is 0 Å². The zero-order valence-corrected chi connectivity index (χ0v) is 15.0. The van der Waals surface area contributed by atoms with Crippen molar-refractivity contribution in [3.8, 4) is 5.75 Å². The molecule has 1 heterocycles. The number of ether oxygens (including phenoxy) is 1. The highest BCUT2D eigenvalue weighted by Gasteiger charge is 2.37. The first-order valence-electron chi connectivity index (χ1n) is 8.85.